The summed E-state index contributed by atoms with van der Waals surface area (Å²) in [5.41, 5.74) is 3.15. The number of halogens is 2. The maximum atomic E-state index is 14.1. The molecule has 0 amide bonds. The van der Waals surface area contributed by atoms with Gasteiger partial charge in [-0.15, -0.1) is 0 Å². The first kappa shape index (κ1) is 15.4. The van der Waals surface area contributed by atoms with E-state index >= 15 is 0 Å². The highest BCUT2D eigenvalue weighted by Crippen LogP contribution is 2.32. The Kier molecular flexibility index (Phi) is 4.54. The lowest BCUT2D eigenvalue weighted by Gasteiger charge is -2.21. The molecular weight excluding hydrogens is 278 g/mol. The van der Waals surface area contributed by atoms with Gasteiger partial charge in [0.25, 0.3) is 0 Å². The van der Waals surface area contributed by atoms with E-state index in [1.807, 2.05) is 13.8 Å². The minimum Gasteiger partial charge on any atom is -0.493 e. The van der Waals surface area contributed by atoms with Crippen LogP contribution in [0.2, 0.25) is 0 Å². The molecule has 0 spiro atoms. The quantitative estimate of drug-likeness (QED) is 0.656. The van der Waals surface area contributed by atoms with E-state index in [0.717, 1.165) is 6.07 Å². The third-order valence-electron chi connectivity index (χ3n) is 3.24. The molecule has 0 fully saturated rings. The summed E-state index contributed by atoms with van der Waals surface area (Å²) in [5.74, 6) is 4.15. The Morgan fingerprint density at radius 2 is 2.05 bits per heavy atom. The number of methoxy groups -OCH3 is 1. The van der Waals surface area contributed by atoms with Crippen LogP contribution in [-0.4, -0.2) is 16.9 Å². The van der Waals surface area contributed by atoms with Crippen molar-refractivity contribution in [3.8, 4) is 5.75 Å². The molecule has 0 aliphatic carbocycles. The molecule has 2 aromatic rings. The van der Waals surface area contributed by atoms with Crippen molar-refractivity contribution in [1.82, 2.24) is 15.2 Å². The molecule has 1 atom stereocenters. The molecule has 114 valence electrons. The molecule has 0 saturated carbocycles. The monoisotopic (exact) mass is 296 g/mol. The number of nitrogens with one attached hydrogen (secondary N) is 1. The van der Waals surface area contributed by atoms with E-state index in [0.29, 0.717) is 11.4 Å². The summed E-state index contributed by atoms with van der Waals surface area (Å²) in [6.45, 7) is 3.84. The van der Waals surface area contributed by atoms with Crippen molar-refractivity contribution in [2.45, 2.75) is 25.9 Å². The van der Waals surface area contributed by atoms with Crippen LogP contribution in [0.1, 0.15) is 37.2 Å². The van der Waals surface area contributed by atoms with E-state index in [-0.39, 0.29) is 11.6 Å². The lowest BCUT2D eigenvalue weighted by atomic mass is 10.0. The van der Waals surface area contributed by atoms with Crippen LogP contribution in [0.15, 0.2) is 24.4 Å². The van der Waals surface area contributed by atoms with Crippen molar-refractivity contribution in [2.75, 3.05) is 7.11 Å². The van der Waals surface area contributed by atoms with Crippen molar-refractivity contribution in [3.63, 3.8) is 0 Å². The average Bonchev–Trinajstić information content (AvgIpc) is 2.88. The number of nitrogens with two attached hydrogens (primary N) is 1. The maximum absolute atomic E-state index is 14.1. The number of rotatable bonds is 5. The van der Waals surface area contributed by atoms with Gasteiger partial charge in [-0.3, -0.25) is 10.5 Å². The second-order valence-corrected chi connectivity index (χ2v) is 4.88. The van der Waals surface area contributed by atoms with Gasteiger partial charge in [0.1, 0.15) is 5.69 Å². The van der Waals surface area contributed by atoms with Crippen LogP contribution in [0, 0.1) is 11.6 Å². The molecular formula is C14H18F2N4O. The van der Waals surface area contributed by atoms with E-state index in [9.17, 15) is 8.78 Å². The largest absolute Gasteiger partial charge is 0.493 e. The Morgan fingerprint density at radius 1 is 1.33 bits per heavy atom. The number of hydrogen-bond acceptors (Lipinski definition) is 4. The lowest BCUT2D eigenvalue weighted by Crippen LogP contribution is -2.32. The Labute approximate surface area is 121 Å². The molecule has 0 bridgehead atoms. The number of hydrogen-bond donors (Lipinski definition) is 2. The van der Waals surface area contributed by atoms with Gasteiger partial charge in [0.2, 0.25) is 0 Å². The smallest absolute Gasteiger partial charge is 0.164 e. The van der Waals surface area contributed by atoms with Gasteiger partial charge in [-0.2, -0.15) is 5.10 Å². The number of aromatic nitrogens is 2. The number of benzene rings is 1. The first-order valence-corrected chi connectivity index (χ1v) is 6.52. The molecule has 0 saturated heterocycles. The Bertz CT molecular complexity index is 627. The highest BCUT2D eigenvalue weighted by Gasteiger charge is 2.27. The van der Waals surface area contributed by atoms with Gasteiger partial charge >= 0.3 is 0 Å². The lowest BCUT2D eigenvalue weighted by molar-refractivity contribution is 0.390. The van der Waals surface area contributed by atoms with E-state index in [1.54, 1.807) is 4.68 Å². The summed E-state index contributed by atoms with van der Waals surface area (Å²) in [7, 11) is 1.49. The van der Waals surface area contributed by atoms with Gasteiger partial charge in [0, 0.05) is 11.6 Å². The van der Waals surface area contributed by atoms with E-state index in [2.05, 4.69) is 10.5 Å². The number of hydrazine groups is 1. The second-order valence-electron chi connectivity index (χ2n) is 4.88. The molecule has 1 aromatic heterocycles. The van der Waals surface area contributed by atoms with E-state index < -0.39 is 17.7 Å². The first-order valence-electron chi connectivity index (χ1n) is 6.52. The van der Waals surface area contributed by atoms with Crippen molar-refractivity contribution in [1.29, 1.82) is 0 Å². The third kappa shape index (κ3) is 2.74. The average molecular weight is 296 g/mol. The molecule has 1 unspecified atom stereocenters. The van der Waals surface area contributed by atoms with Crippen molar-refractivity contribution >= 4 is 0 Å². The van der Waals surface area contributed by atoms with Crippen molar-refractivity contribution in [2.24, 2.45) is 5.84 Å². The molecule has 1 aromatic carbocycles. The van der Waals surface area contributed by atoms with Gasteiger partial charge < -0.3 is 4.74 Å². The highest BCUT2D eigenvalue weighted by atomic mass is 19.2. The van der Waals surface area contributed by atoms with Gasteiger partial charge in [0.05, 0.1) is 19.3 Å². The fraction of sp³-hybridized carbons (Fsp3) is 0.357. The number of nitrogens with zero attached hydrogens (tertiary/aromatic N) is 2. The van der Waals surface area contributed by atoms with E-state index in [4.69, 9.17) is 10.6 Å². The van der Waals surface area contributed by atoms with Crippen molar-refractivity contribution < 1.29 is 13.5 Å². The molecule has 0 aliphatic rings. The van der Waals surface area contributed by atoms with Crippen LogP contribution >= 0.6 is 0 Å². The summed E-state index contributed by atoms with van der Waals surface area (Å²) in [6, 6.07) is 3.20. The topological polar surface area (TPSA) is 65.1 Å². The first-order chi connectivity index (χ1) is 10.0. The maximum Gasteiger partial charge on any atom is 0.164 e. The van der Waals surface area contributed by atoms with Crippen LogP contribution in [0.25, 0.3) is 0 Å². The zero-order valence-electron chi connectivity index (χ0n) is 12.1. The van der Waals surface area contributed by atoms with Crippen LogP contribution in [0.3, 0.4) is 0 Å². The second kappa shape index (κ2) is 6.19. The molecule has 21 heavy (non-hydrogen) atoms. The van der Waals surface area contributed by atoms with Crippen LogP contribution < -0.4 is 16.0 Å². The number of ether oxygens (including phenoxy) is 1. The SMILES string of the molecule is COc1cnn(C(C)C)c1C(NN)c1cccc(F)c1F. The normalized spacial score (nSPS) is 12.7. The fourth-order valence-corrected chi connectivity index (χ4v) is 2.26. The molecule has 7 heteroatoms. The van der Waals surface area contributed by atoms with Crippen molar-refractivity contribution in [3.05, 3.63) is 47.3 Å². The van der Waals surface area contributed by atoms with Crippen LogP contribution in [0.4, 0.5) is 8.78 Å². The van der Waals surface area contributed by atoms with Gasteiger partial charge in [-0.1, -0.05) is 12.1 Å². The summed E-state index contributed by atoms with van der Waals surface area (Å²) in [6.07, 6.45) is 1.52. The summed E-state index contributed by atoms with van der Waals surface area (Å²) >= 11 is 0. The summed E-state index contributed by atoms with van der Waals surface area (Å²) in [4.78, 5) is 0. The molecule has 0 aliphatic heterocycles. The fourth-order valence-electron chi connectivity index (χ4n) is 2.26. The van der Waals surface area contributed by atoms with Gasteiger partial charge in [-0.25, -0.2) is 14.2 Å². The summed E-state index contributed by atoms with van der Waals surface area (Å²) < 4.78 is 34.4. The molecule has 5 nitrogen and oxygen atoms in total. The zero-order valence-corrected chi connectivity index (χ0v) is 12.1. The molecule has 0 radical (unpaired) electrons. The Balaban J connectivity index is 2.61. The minimum atomic E-state index is -0.945. The standard InChI is InChI=1S/C14H18F2N4O/c1-8(2)20-14(11(21-3)7-18-20)13(19-17)9-5-4-6-10(15)12(9)16/h4-8,13,19H,17H2,1-3H3. The van der Waals surface area contributed by atoms with Crippen LogP contribution in [-0.2, 0) is 0 Å². The predicted molar refractivity (Wildman–Crippen MR) is 74.7 cm³/mol. The summed E-state index contributed by atoms with van der Waals surface area (Å²) in [5, 5.41) is 4.21. The third-order valence-corrected chi connectivity index (χ3v) is 3.24. The Morgan fingerprint density at radius 3 is 2.62 bits per heavy atom. The minimum absolute atomic E-state index is 0.0105. The zero-order chi connectivity index (χ0) is 15.6. The van der Waals surface area contributed by atoms with Crippen LogP contribution in [0.5, 0.6) is 5.75 Å². The predicted octanol–water partition coefficient (Wildman–Crippen LogP) is 2.30. The van der Waals surface area contributed by atoms with Gasteiger partial charge in [0.15, 0.2) is 17.4 Å². The molecule has 3 N–H and O–H groups in total. The molecule has 2 rings (SSSR count). The van der Waals surface area contributed by atoms with E-state index in [1.165, 1.54) is 25.4 Å². The van der Waals surface area contributed by atoms with Gasteiger partial charge in [-0.05, 0) is 19.9 Å². The molecule has 1 heterocycles. The highest BCUT2D eigenvalue weighted by molar-refractivity contribution is 5.37. The Hall–Kier alpha value is -1.99.